The van der Waals surface area contributed by atoms with E-state index >= 15 is 0 Å². The Kier molecular flexibility index (Phi) is 4.35. The molecular weight excluding hydrogens is 236 g/mol. The topological polar surface area (TPSA) is 37.3 Å². The van der Waals surface area contributed by atoms with Gasteiger partial charge in [-0.3, -0.25) is 4.79 Å². The summed E-state index contributed by atoms with van der Waals surface area (Å²) in [6.07, 6.45) is 1.41. The van der Waals surface area contributed by atoms with Crippen LogP contribution < -0.4 is 0 Å². The minimum absolute atomic E-state index is 0.430. The summed E-state index contributed by atoms with van der Waals surface area (Å²) in [6, 6.07) is 17.8. The van der Waals surface area contributed by atoms with E-state index in [-0.39, 0.29) is 0 Å². The summed E-state index contributed by atoms with van der Waals surface area (Å²) in [4.78, 5) is 11.4. The molecule has 0 unspecified atom stereocenters. The average Bonchev–Trinajstić information content (AvgIpc) is 2.42. The van der Waals surface area contributed by atoms with Gasteiger partial charge in [-0.2, -0.15) is 0 Å². The highest BCUT2D eigenvalue weighted by Gasteiger charge is 2.19. The van der Waals surface area contributed by atoms with Crippen molar-refractivity contribution in [2.45, 2.75) is 25.7 Å². The van der Waals surface area contributed by atoms with E-state index in [2.05, 4.69) is 0 Å². The van der Waals surface area contributed by atoms with Crippen molar-refractivity contribution in [1.29, 1.82) is 0 Å². The molecule has 19 heavy (non-hydrogen) atoms. The van der Waals surface area contributed by atoms with Crippen LogP contribution in [-0.2, 0) is 11.2 Å². The van der Waals surface area contributed by atoms with Gasteiger partial charge in [0.25, 0.3) is 0 Å². The summed E-state index contributed by atoms with van der Waals surface area (Å²) in [5, 5.41) is 9.37. The van der Waals surface area contributed by atoms with Crippen LogP contribution in [0.2, 0.25) is 0 Å². The lowest BCUT2D eigenvalue weighted by Gasteiger charge is -2.13. The molecule has 0 aliphatic heterocycles. The maximum Gasteiger partial charge on any atom is 0.310 e. The van der Waals surface area contributed by atoms with Gasteiger partial charge >= 0.3 is 5.97 Å². The van der Waals surface area contributed by atoms with Gasteiger partial charge in [-0.25, -0.2) is 0 Å². The van der Waals surface area contributed by atoms with E-state index in [4.69, 9.17) is 0 Å². The minimum Gasteiger partial charge on any atom is -0.481 e. The third-order valence-electron chi connectivity index (χ3n) is 3.34. The zero-order valence-corrected chi connectivity index (χ0v) is 11.0. The fraction of sp³-hybridized carbons (Fsp3) is 0.235. The fourth-order valence-corrected chi connectivity index (χ4v) is 2.19. The Bertz CT molecular complexity index is 529. The number of hydrogen-bond donors (Lipinski definition) is 1. The summed E-state index contributed by atoms with van der Waals surface area (Å²) >= 11 is 0. The molecule has 0 saturated heterocycles. The van der Waals surface area contributed by atoms with Crippen molar-refractivity contribution in [3.63, 3.8) is 0 Å². The van der Waals surface area contributed by atoms with Gasteiger partial charge < -0.3 is 5.11 Å². The zero-order chi connectivity index (χ0) is 13.7. The third-order valence-corrected chi connectivity index (χ3v) is 3.34. The Morgan fingerprint density at radius 2 is 1.68 bits per heavy atom. The highest BCUT2D eigenvalue weighted by molar-refractivity contribution is 5.76. The van der Waals surface area contributed by atoms with Crippen LogP contribution >= 0.6 is 0 Å². The second-order valence-electron chi connectivity index (χ2n) is 4.83. The van der Waals surface area contributed by atoms with Crippen molar-refractivity contribution in [1.82, 2.24) is 0 Å². The number of carbonyl (C=O) groups is 1. The van der Waals surface area contributed by atoms with Crippen LogP contribution in [0.4, 0.5) is 0 Å². The lowest BCUT2D eigenvalue weighted by molar-refractivity contribution is -0.138. The molecule has 0 radical (unpaired) electrons. The largest absolute Gasteiger partial charge is 0.481 e. The molecule has 0 aliphatic rings. The van der Waals surface area contributed by atoms with Crippen LogP contribution in [0.1, 0.15) is 29.0 Å². The number of benzene rings is 2. The molecule has 0 amide bonds. The first-order chi connectivity index (χ1) is 9.16. The van der Waals surface area contributed by atoms with Crippen LogP contribution in [0, 0.1) is 6.92 Å². The molecule has 2 heteroatoms. The third kappa shape index (κ3) is 3.68. The van der Waals surface area contributed by atoms with Gasteiger partial charge in [0.15, 0.2) is 0 Å². The lowest BCUT2D eigenvalue weighted by atomic mass is 9.92. The maximum atomic E-state index is 11.4. The van der Waals surface area contributed by atoms with Crippen molar-refractivity contribution in [2.75, 3.05) is 0 Å². The Morgan fingerprint density at radius 1 is 1.05 bits per heavy atom. The molecule has 0 aliphatic carbocycles. The molecule has 2 nitrogen and oxygen atoms in total. The molecule has 98 valence electrons. The Morgan fingerprint density at radius 3 is 2.26 bits per heavy atom. The van der Waals surface area contributed by atoms with Gasteiger partial charge in [0.2, 0.25) is 0 Å². The SMILES string of the molecule is Cc1ccc([C@@H](CCc2ccccc2)C(=O)O)cc1. The molecule has 0 fully saturated rings. The Balaban J connectivity index is 2.09. The van der Waals surface area contributed by atoms with Gasteiger partial charge in [-0.15, -0.1) is 0 Å². The predicted octanol–water partition coefficient (Wildman–Crippen LogP) is 3.80. The highest BCUT2D eigenvalue weighted by atomic mass is 16.4. The Labute approximate surface area is 113 Å². The number of carboxylic acid groups (broad SMARTS) is 1. The van der Waals surface area contributed by atoms with E-state index in [1.807, 2.05) is 61.5 Å². The number of carboxylic acids is 1. The summed E-state index contributed by atoms with van der Waals surface area (Å²) in [5.41, 5.74) is 3.21. The normalized spacial score (nSPS) is 12.1. The molecule has 1 atom stereocenters. The van der Waals surface area contributed by atoms with Gasteiger partial charge in [0, 0.05) is 0 Å². The molecule has 0 spiro atoms. The van der Waals surface area contributed by atoms with Crippen LogP contribution in [0.3, 0.4) is 0 Å². The van der Waals surface area contributed by atoms with Crippen molar-refractivity contribution in [3.05, 3.63) is 71.3 Å². The van der Waals surface area contributed by atoms with E-state index in [1.165, 1.54) is 5.56 Å². The first-order valence-corrected chi connectivity index (χ1v) is 6.50. The summed E-state index contributed by atoms with van der Waals surface area (Å²) in [7, 11) is 0. The fourth-order valence-electron chi connectivity index (χ4n) is 2.19. The second kappa shape index (κ2) is 6.19. The van der Waals surface area contributed by atoms with E-state index in [0.29, 0.717) is 6.42 Å². The molecule has 2 aromatic rings. The molecule has 0 bridgehead atoms. The van der Waals surface area contributed by atoms with E-state index in [0.717, 1.165) is 17.5 Å². The van der Waals surface area contributed by atoms with Gasteiger partial charge in [0.05, 0.1) is 5.92 Å². The molecule has 2 aromatic carbocycles. The van der Waals surface area contributed by atoms with Gasteiger partial charge in [-0.1, -0.05) is 60.2 Å². The quantitative estimate of drug-likeness (QED) is 0.881. The molecule has 0 aromatic heterocycles. The Hall–Kier alpha value is -2.09. The van der Waals surface area contributed by atoms with Crippen LogP contribution in [-0.4, -0.2) is 11.1 Å². The smallest absolute Gasteiger partial charge is 0.310 e. The number of aliphatic carboxylic acids is 1. The number of rotatable bonds is 5. The van der Waals surface area contributed by atoms with Gasteiger partial charge in [-0.05, 0) is 30.9 Å². The number of aryl methyl sites for hydroxylation is 2. The van der Waals surface area contributed by atoms with Crippen molar-refractivity contribution >= 4 is 5.97 Å². The van der Waals surface area contributed by atoms with Crippen LogP contribution in [0.25, 0.3) is 0 Å². The first kappa shape index (κ1) is 13.3. The van der Waals surface area contributed by atoms with Crippen LogP contribution in [0.15, 0.2) is 54.6 Å². The first-order valence-electron chi connectivity index (χ1n) is 6.50. The summed E-state index contributed by atoms with van der Waals surface area (Å²) < 4.78 is 0. The van der Waals surface area contributed by atoms with Crippen LogP contribution in [0.5, 0.6) is 0 Å². The molecular formula is C17H18O2. The van der Waals surface area contributed by atoms with Crippen molar-refractivity contribution in [3.8, 4) is 0 Å². The molecule has 0 saturated carbocycles. The van der Waals surface area contributed by atoms with Gasteiger partial charge in [0.1, 0.15) is 0 Å². The average molecular weight is 254 g/mol. The van der Waals surface area contributed by atoms with E-state index in [1.54, 1.807) is 0 Å². The molecule has 1 N–H and O–H groups in total. The maximum absolute atomic E-state index is 11.4. The minimum atomic E-state index is -0.750. The zero-order valence-electron chi connectivity index (χ0n) is 11.0. The van der Waals surface area contributed by atoms with E-state index in [9.17, 15) is 9.90 Å². The standard InChI is InChI=1S/C17H18O2/c1-13-7-10-15(11-8-13)16(17(18)19)12-9-14-5-3-2-4-6-14/h2-8,10-11,16H,9,12H2,1H3,(H,18,19)/t16-/m1/s1. The second-order valence-corrected chi connectivity index (χ2v) is 4.83. The van der Waals surface area contributed by atoms with E-state index < -0.39 is 11.9 Å². The number of hydrogen-bond acceptors (Lipinski definition) is 1. The lowest BCUT2D eigenvalue weighted by Crippen LogP contribution is -2.12. The molecule has 2 rings (SSSR count). The van der Waals surface area contributed by atoms with Crippen molar-refractivity contribution < 1.29 is 9.90 Å². The predicted molar refractivity (Wildman–Crippen MR) is 76.3 cm³/mol. The molecule has 0 heterocycles. The summed E-state index contributed by atoms with van der Waals surface area (Å²) in [5.74, 6) is -1.18. The monoisotopic (exact) mass is 254 g/mol. The van der Waals surface area contributed by atoms with Crippen molar-refractivity contribution in [2.24, 2.45) is 0 Å². The summed E-state index contributed by atoms with van der Waals surface area (Å²) in [6.45, 7) is 2.00. The highest BCUT2D eigenvalue weighted by Crippen LogP contribution is 2.22.